The molecule has 1 aromatic carbocycles. The van der Waals surface area contributed by atoms with Gasteiger partial charge < -0.3 is 10.6 Å². The van der Waals surface area contributed by atoms with Crippen LogP contribution in [0.5, 0.6) is 0 Å². The van der Waals surface area contributed by atoms with E-state index < -0.39 is 0 Å². The molecule has 1 heterocycles. The maximum Gasteiger partial charge on any atom is 0.0368 e. The number of nitrogens with zero attached hydrogens (tertiary/aromatic N) is 2. The molecule has 0 aliphatic carbocycles. The average molecular weight is 233 g/mol. The van der Waals surface area contributed by atoms with Crippen molar-refractivity contribution in [3.63, 3.8) is 0 Å². The molecule has 1 fully saturated rings. The van der Waals surface area contributed by atoms with Gasteiger partial charge in [-0.2, -0.15) is 0 Å². The molecule has 0 bridgehead atoms. The largest absolute Gasteiger partial charge is 0.399 e. The maximum atomic E-state index is 5.73. The van der Waals surface area contributed by atoms with Crippen molar-refractivity contribution in [1.29, 1.82) is 0 Å². The molecule has 1 atom stereocenters. The zero-order chi connectivity index (χ0) is 12.4. The third kappa shape index (κ3) is 2.72. The van der Waals surface area contributed by atoms with Crippen LogP contribution >= 0.6 is 0 Å². The van der Waals surface area contributed by atoms with Crippen LogP contribution in [0.25, 0.3) is 0 Å². The van der Waals surface area contributed by atoms with Gasteiger partial charge in [0.2, 0.25) is 0 Å². The molecule has 1 unspecified atom stereocenters. The van der Waals surface area contributed by atoms with Crippen molar-refractivity contribution in [3.8, 4) is 0 Å². The summed E-state index contributed by atoms with van der Waals surface area (Å²) in [5, 5.41) is 0. The Kier molecular flexibility index (Phi) is 3.57. The molecular formula is C14H23N3. The number of hydrogen-bond donors (Lipinski definition) is 1. The summed E-state index contributed by atoms with van der Waals surface area (Å²) >= 11 is 0. The molecule has 1 aliphatic heterocycles. The van der Waals surface area contributed by atoms with E-state index >= 15 is 0 Å². The SMILES string of the molecule is CC(C)C1CN(c2ccc(N)cc2)CCN1C. The summed E-state index contributed by atoms with van der Waals surface area (Å²) in [6.07, 6.45) is 0. The summed E-state index contributed by atoms with van der Waals surface area (Å²) in [6.45, 7) is 7.94. The summed E-state index contributed by atoms with van der Waals surface area (Å²) in [4.78, 5) is 4.93. The molecule has 2 rings (SSSR count). The van der Waals surface area contributed by atoms with E-state index in [0.717, 1.165) is 25.3 Å². The lowest BCUT2D eigenvalue weighted by atomic mass is 10.00. The fourth-order valence-corrected chi connectivity index (χ4v) is 2.54. The van der Waals surface area contributed by atoms with Crippen molar-refractivity contribution in [3.05, 3.63) is 24.3 Å². The summed E-state index contributed by atoms with van der Waals surface area (Å²) in [6, 6.07) is 8.85. The summed E-state index contributed by atoms with van der Waals surface area (Å²) < 4.78 is 0. The lowest BCUT2D eigenvalue weighted by Gasteiger charge is -2.42. The van der Waals surface area contributed by atoms with Crippen molar-refractivity contribution in [2.75, 3.05) is 37.3 Å². The van der Waals surface area contributed by atoms with E-state index in [1.165, 1.54) is 5.69 Å². The Hall–Kier alpha value is -1.22. The number of nitrogen functional groups attached to an aromatic ring is 1. The first-order valence-electron chi connectivity index (χ1n) is 6.38. The molecule has 1 aliphatic rings. The van der Waals surface area contributed by atoms with Crippen LogP contribution in [-0.4, -0.2) is 37.6 Å². The van der Waals surface area contributed by atoms with E-state index in [1.54, 1.807) is 0 Å². The van der Waals surface area contributed by atoms with Crippen molar-refractivity contribution < 1.29 is 0 Å². The standard InChI is InChI=1S/C14H23N3/c1-11(2)14-10-17(9-8-16(14)3)13-6-4-12(15)5-7-13/h4-7,11,14H,8-10,15H2,1-3H3. The van der Waals surface area contributed by atoms with Crippen LogP contribution < -0.4 is 10.6 Å². The summed E-state index contributed by atoms with van der Waals surface area (Å²) in [5.74, 6) is 0.691. The van der Waals surface area contributed by atoms with E-state index in [4.69, 9.17) is 5.73 Å². The van der Waals surface area contributed by atoms with Gasteiger partial charge in [-0.05, 0) is 37.2 Å². The molecule has 0 saturated carbocycles. The lowest BCUT2D eigenvalue weighted by molar-refractivity contribution is 0.173. The Labute approximate surface area is 104 Å². The molecule has 0 aromatic heterocycles. The molecule has 0 radical (unpaired) electrons. The molecule has 1 aromatic rings. The maximum absolute atomic E-state index is 5.73. The highest BCUT2D eigenvalue weighted by Crippen LogP contribution is 2.22. The molecule has 3 nitrogen and oxygen atoms in total. The quantitative estimate of drug-likeness (QED) is 0.794. The van der Waals surface area contributed by atoms with Crippen LogP contribution in [0.2, 0.25) is 0 Å². The zero-order valence-electron chi connectivity index (χ0n) is 11.1. The van der Waals surface area contributed by atoms with Crippen LogP contribution in [0.3, 0.4) is 0 Å². The minimum atomic E-state index is 0.640. The minimum absolute atomic E-state index is 0.640. The Morgan fingerprint density at radius 1 is 1.18 bits per heavy atom. The van der Waals surface area contributed by atoms with Crippen molar-refractivity contribution in [1.82, 2.24) is 4.90 Å². The molecule has 17 heavy (non-hydrogen) atoms. The van der Waals surface area contributed by atoms with Gasteiger partial charge in [0.25, 0.3) is 0 Å². The molecule has 0 spiro atoms. The fourth-order valence-electron chi connectivity index (χ4n) is 2.54. The van der Waals surface area contributed by atoms with Crippen molar-refractivity contribution in [2.45, 2.75) is 19.9 Å². The first kappa shape index (κ1) is 12.2. The topological polar surface area (TPSA) is 32.5 Å². The van der Waals surface area contributed by atoms with Crippen molar-refractivity contribution >= 4 is 11.4 Å². The van der Waals surface area contributed by atoms with Crippen LogP contribution in [0.4, 0.5) is 11.4 Å². The van der Waals surface area contributed by atoms with Crippen LogP contribution in [0.1, 0.15) is 13.8 Å². The highest BCUT2D eigenvalue weighted by atomic mass is 15.3. The first-order valence-corrected chi connectivity index (χ1v) is 6.38. The predicted molar refractivity (Wildman–Crippen MR) is 74.3 cm³/mol. The zero-order valence-corrected chi connectivity index (χ0v) is 11.1. The van der Waals surface area contributed by atoms with Crippen LogP contribution in [0.15, 0.2) is 24.3 Å². The minimum Gasteiger partial charge on any atom is -0.399 e. The highest BCUT2D eigenvalue weighted by molar-refractivity contribution is 5.53. The first-order chi connectivity index (χ1) is 8.08. The van der Waals surface area contributed by atoms with Crippen LogP contribution in [-0.2, 0) is 0 Å². The third-order valence-corrected chi connectivity index (χ3v) is 3.72. The highest BCUT2D eigenvalue weighted by Gasteiger charge is 2.26. The predicted octanol–water partition coefficient (Wildman–Crippen LogP) is 2.05. The Morgan fingerprint density at radius 3 is 2.41 bits per heavy atom. The van der Waals surface area contributed by atoms with E-state index in [1.807, 2.05) is 12.1 Å². The van der Waals surface area contributed by atoms with E-state index in [2.05, 4.69) is 42.8 Å². The lowest BCUT2D eigenvalue weighted by Crippen LogP contribution is -2.53. The van der Waals surface area contributed by atoms with Crippen molar-refractivity contribution in [2.24, 2.45) is 5.92 Å². The molecule has 1 saturated heterocycles. The van der Waals surface area contributed by atoms with Gasteiger partial charge in [-0.3, -0.25) is 4.90 Å². The van der Waals surface area contributed by atoms with Crippen LogP contribution in [0, 0.1) is 5.92 Å². The van der Waals surface area contributed by atoms with E-state index in [0.29, 0.717) is 12.0 Å². The molecular weight excluding hydrogens is 210 g/mol. The van der Waals surface area contributed by atoms with Gasteiger partial charge in [0.1, 0.15) is 0 Å². The Morgan fingerprint density at radius 2 is 1.82 bits per heavy atom. The van der Waals surface area contributed by atoms with Gasteiger partial charge in [0.05, 0.1) is 0 Å². The Bertz CT molecular complexity index is 358. The fraction of sp³-hybridized carbons (Fsp3) is 0.571. The van der Waals surface area contributed by atoms with E-state index in [-0.39, 0.29) is 0 Å². The number of benzene rings is 1. The second kappa shape index (κ2) is 4.96. The molecule has 2 N–H and O–H groups in total. The molecule has 94 valence electrons. The monoisotopic (exact) mass is 233 g/mol. The van der Waals surface area contributed by atoms with Gasteiger partial charge in [0.15, 0.2) is 0 Å². The number of likely N-dealkylation sites (N-methyl/N-ethyl adjacent to an activating group) is 1. The number of rotatable bonds is 2. The third-order valence-electron chi connectivity index (χ3n) is 3.72. The van der Waals surface area contributed by atoms with Gasteiger partial charge >= 0.3 is 0 Å². The number of nitrogens with two attached hydrogens (primary N) is 1. The normalized spacial score (nSPS) is 22.1. The van der Waals surface area contributed by atoms with Gasteiger partial charge in [-0.1, -0.05) is 13.8 Å². The number of hydrogen-bond acceptors (Lipinski definition) is 3. The number of anilines is 2. The smallest absolute Gasteiger partial charge is 0.0368 e. The van der Waals surface area contributed by atoms with E-state index in [9.17, 15) is 0 Å². The molecule has 3 heteroatoms. The molecule has 0 amide bonds. The second-order valence-electron chi connectivity index (χ2n) is 5.33. The van der Waals surface area contributed by atoms with Gasteiger partial charge in [-0.25, -0.2) is 0 Å². The second-order valence-corrected chi connectivity index (χ2v) is 5.33. The van der Waals surface area contributed by atoms with Gasteiger partial charge in [-0.15, -0.1) is 0 Å². The average Bonchev–Trinajstić information content (AvgIpc) is 2.30. The van der Waals surface area contributed by atoms with Gasteiger partial charge in [0, 0.05) is 37.1 Å². The number of piperazine rings is 1. The summed E-state index contributed by atoms with van der Waals surface area (Å²) in [7, 11) is 2.23. The Balaban J connectivity index is 2.10. The summed E-state index contributed by atoms with van der Waals surface area (Å²) in [5.41, 5.74) is 7.85.